The Morgan fingerprint density at radius 2 is 2.12 bits per heavy atom. The molecule has 0 radical (unpaired) electrons. The summed E-state index contributed by atoms with van der Waals surface area (Å²) in [5, 5.41) is 3.79. The molecule has 6 heteroatoms. The number of aromatic nitrogens is 1. The Kier molecular flexibility index (Phi) is 4.04. The molecule has 1 aromatic heterocycles. The van der Waals surface area contributed by atoms with Gasteiger partial charge in [-0.15, -0.1) is 11.3 Å². The maximum absolute atomic E-state index is 13.3. The predicted molar refractivity (Wildman–Crippen MR) is 64.0 cm³/mol. The monoisotopic (exact) mass is 274 g/mol. The molecule has 1 aromatic carbocycles. The Morgan fingerprint density at radius 1 is 1.29 bits per heavy atom. The van der Waals surface area contributed by atoms with Crippen LogP contribution in [0.5, 0.6) is 0 Å². The van der Waals surface area contributed by atoms with Crippen molar-refractivity contribution in [1.82, 2.24) is 10.3 Å². The van der Waals surface area contributed by atoms with Gasteiger partial charge >= 0.3 is 0 Å². The molecule has 1 heterocycles. The second kappa shape index (κ2) is 5.53. The molecular weight excluding hydrogens is 266 g/mol. The smallest absolute Gasteiger partial charge is 0.127 e. The van der Waals surface area contributed by atoms with Gasteiger partial charge in [0.05, 0.1) is 6.20 Å². The van der Waals surface area contributed by atoms with E-state index in [0.717, 1.165) is 17.1 Å². The number of benzene rings is 1. The molecule has 0 amide bonds. The highest BCUT2D eigenvalue weighted by atomic mass is 35.5. The third kappa shape index (κ3) is 3.46. The van der Waals surface area contributed by atoms with E-state index >= 15 is 0 Å². The Labute approximate surface area is 106 Å². The Bertz CT molecular complexity index is 516. The van der Waals surface area contributed by atoms with E-state index in [1.807, 2.05) is 0 Å². The first-order valence-electron chi connectivity index (χ1n) is 4.90. The fourth-order valence-corrected chi connectivity index (χ4v) is 2.28. The van der Waals surface area contributed by atoms with Crippen molar-refractivity contribution in [3.05, 3.63) is 50.9 Å². The van der Waals surface area contributed by atoms with E-state index in [0.29, 0.717) is 16.4 Å². The van der Waals surface area contributed by atoms with Gasteiger partial charge in [0.15, 0.2) is 0 Å². The van der Waals surface area contributed by atoms with E-state index in [9.17, 15) is 8.78 Å². The normalized spacial score (nSPS) is 10.8. The second-order valence-corrected chi connectivity index (χ2v) is 5.14. The number of halogens is 3. The molecule has 0 saturated carbocycles. The molecule has 90 valence electrons. The van der Waals surface area contributed by atoms with Gasteiger partial charge in [-0.2, -0.15) is 0 Å². The van der Waals surface area contributed by atoms with Gasteiger partial charge in [-0.3, -0.25) is 0 Å². The van der Waals surface area contributed by atoms with Crippen LogP contribution in [0.2, 0.25) is 4.34 Å². The molecule has 0 atom stereocenters. The quantitative estimate of drug-likeness (QED) is 0.925. The number of thiazole rings is 1. The molecule has 2 nitrogen and oxygen atoms in total. The summed E-state index contributed by atoms with van der Waals surface area (Å²) in [5.41, 5.74) is 0.299. The zero-order valence-electron chi connectivity index (χ0n) is 8.71. The van der Waals surface area contributed by atoms with Crippen LogP contribution in [0.3, 0.4) is 0 Å². The van der Waals surface area contributed by atoms with Crippen molar-refractivity contribution in [3.63, 3.8) is 0 Å². The molecule has 0 fully saturated rings. The maximum Gasteiger partial charge on any atom is 0.127 e. The lowest BCUT2D eigenvalue weighted by Gasteiger charge is -2.04. The first kappa shape index (κ1) is 12.4. The average Bonchev–Trinajstić information content (AvgIpc) is 2.69. The van der Waals surface area contributed by atoms with Crippen LogP contribution < -0.4 is 5.32 Å². The van der Waals surface area contributed by atoms with Crippen molar-refractivity contribution < 1.29 is 8.78 Å². The topological polar surface area (TPSA) is 24.9 Å². The van der Waals surface area contributed by atoms with Crippen molar-refractivity contribution in [2.45, 2.75) is 13.1 Å². The first-order valence-corrected chi connectivity index (χ1v) is 6.09. The highest BCUT2D eigenvalue weighted by molar-refractivity contribution is 7.15. The highest BCUT2D eigenvalue weighted by Gasteiger charge is 2.04. The summed E-state index contributed by atoms with van der Waals surface area (Å²) in [7, 11) is 0. The van der Waals surface area contributed by atoms with Gasteiger partial charge in [0, 0.05) is 18.7 Å². The van der Waals surface area contributed by atoms with Gasteiger partial charge in [-0.1, -0.05) is 11.6 Å². The number of hydrogen-bond acceptors (Lipinski definition) is 3. The summed E-state index contributed by atoms with van der Waals surface area (Å²) in [5.74, 6) is -0.864. The molecule has 1 N–H and O–H groups in total. The summed E-state index contributed by atoms with van der Waals surface area (Å²) in [6, 6.07) is 3.39. The van der Waals surface area contributed by atoms with Crippen LogP contribution in [0, 0.1) is 11.6 Å². The minimum absolute atomic E-state index is 0.251. The summed E-state index contributed by atoms with van der Waals surface area (Å²) in [6.07, 6.45) is 1.56. The van der Waals surface area contributed by atoms with E-state index in [4.69, 9.17) is 11.6 Å². The maximum atomic E-state index is 13.3. The fourth-order valence-electron chi connectivity index (χ4n) is 1.35. The van der Waals surface area contributed by atoms with Crippen molar-refractivity contribution >= 4 is 22.9 Å². The molecule has 0 aliphatic heterocycles. The first-order chi connectivity index (χ1) is 8.15. The van der Waals surface area contributed by atoms with Crippen LogP contribution in [0.4, 0.5) is 8.78 Å². The minimum Gasteiger partial charge on any atom is -0.306 e. The highest BCUT2D eigenvalue weighted by Crippen LogP contribution is 2.18. The van der Waals surface area contributed by atoms with Gasteiger partial charge in [-0.05, 0) is 18.2 Å². The van der Waals surface area contributed by atoms with E-state index in [-0.39, 0.29) is 6.54 Å². The van der Waals surface area contributed by atoms with Crippen molar-refractivity contribution in [2.24, 2.45) is 0 Å². The fraction of sp³-hybridized carbons (Fsp3) is 0.182. The minimum atomic E-state index is -0.444. The van der Waals surface area contributed by atoms with Crippen LogP contribution in [-0.4, -0.2) is 4.98 Å². The molecule has 17 heavy (non-hydrogen) atoms. The SMILES string of the molecule is Fc1ccc(F)c(CNCc2ncc(Cl)s2)c1. The Morgan fingerprint density at radius 3 is 2.82 bits per heavy atom. The number of rotatable bonds is 4. The van der Waals surface area contributed by atoms with E-state index in [2.05, 4.69) is 10.3 Å². The summed E-state index contributed by atoms with van der Waals surface area (Å²) < 4.78 is 26.7. The Balaban J connectivity index is 1.91. The van der Waals surface area contributed by atoms with Gasteiger partial charge in [-0.25, -0.2) is 13.8 Å². The standard InChI is InChI=1S/C11H9ClF2N2S/c12-10-5-16-11(17-10)6-15-4-7-3-8(13)1-2-9(7)14/h1-3,5,15H,4,6H2. The van der Waals surface area contributed by atoms with Crippen LogP contribution in [0.15, 0.2) is 24.4 Å². The average molecular weight is 275 g/mol. The third-order valence-corrected chi connectivity index (χ3v) is 3.24. The Hall–Kier alpha value is -1.04. The second-order valence-electron chi connectivity index (χ2n) is 3.40. The van der Waals surface area contributed by atoms with Gasteiger partial charge in [0.1, 0.15) is 21.0 Å². The lowest BCUT2D eigenvalue weighted by Crippen LogP contribution is -2.13. The van der Waals surface area contributed by atoms with Crippen molar-refractivity contribution in [1.29, 1.82) is 0 Å². The van der Waals surface area contributed by atoms with Crippen LogP contribution in [0.25, 0.3) is 0 Å². The van der Waals surface area contributed by atoms with E-state index in [1.165, 1.54) is 17.4 Å². The molecule has 2 rings (SSSR count). The van der Waals surface area contributed by atoms with E-state index in [1.54, 1.807) is 6.20 Å². The van der Waals surface area contributed by atoms with Gasteiger partial charge in [0.25, 0.3) is 0 Å². The zero-order chi connectivity index (χ0) is 12.3. The largest absolute Gasteiger partial charge is 0.306 e. The van der Waals surface area contributed by atoms with Crippen LogP contribution >= 0.6 is 22.9 Å². The molecule has 0 spiro atoms. The molecule has 0 unspecified atom stereocenters. The van der Waals surface area contributed by atoms with Crippen molar-refractivity contribution in [3.8, 4) is 0 Å². The van der Waals surface area contributed by atoms with Gasteiger partial charge < -0.3 is 5.32 Å². The number of nitrogens with zero attached hydrogens (tertiary/aromatic N) is 1. The molecule has 0 aliphatic carbocycles. The number of hydrogen-bond donors (Lipinski definition) is 1. The third-order valence-electron chi connectivity index (χ3n) is 2.12. The van der Waals surface area contributed by atoms with Gasteiger partial charge in [0.2, 0.25) is 0 Å². The lowest BCUT2D eigenvalue weighted by atomic mass is 10.2. The van der Waals surface area contributed by atoms with E-state index < -0.39 is 11.6 Å². The molecular formula is C11H9ClF2N2S. The molecule has 0 bridgehead atoms. The summed E-state index contributed by atoms with van der Waals surface area (Å²) in [4.78, 5) is 4.04. The molecule has 2 aromatic rings. The van der Waals surface area contributed by atoms with Crippen molar-refractivity contribution in [2.75, 3.05) is 0 Å². The van der Waals surface area contributed by atoms with Crippen LogP contribution in [-0.2, 0) is 13.1 Å². The summed E-state index contributed by atoms with van der Waals surface area (Å²) in [6.45, 7) is 0.730. The molecule has 0 saturated heterocycles. The zero-order valence-corrected chi connectivity index (χ0v) is 10.3. The van der Waals surface area contributed by atoms with Crippen LogP contribution in [0.1, 0.15) is 10.6 Å². The predicted octanol–water partition coefficient (Wildman–Crippen LogP) is 3.36. The number of nitrogens with one attached hydrogen (secondary N) is 1. The summed E-state index contributed by atoms with van der Waals surface area (Å²) >= 11 is 7.08. The lowest BCUT2D eigenvalue weighted by molar-refractivity contribution is 0.568. The molecule has 0 aliphatic rings.